The average Bonchev–Trinajstić information content (AvgIpc) is 3.51. The molecule has 6 nitrogen and oxygen atoms in total. The maximum atomic E-state index is 13.7. The number of carbonyl (C=O) groups is 1. The number of hydrogen-bond donors (Lipinski definition) is 1. The zero-order valence-electron chi connectivity index (χ0n) is 19.1. The van der Waals surface area contributed by atoms with E-state index in [1.807, 2.05) is 66.7 Å². The minimum absolute atomic E-state index is 0.0498. The van der Waals surface area contributed by atoms with Crippen molar-refractivity contribution in [2.24, 2.45) is 5.10 Å². The van der Waals surface area contributed by atoms with Crippen molar-refractivity contribution < 1.29 is 9.90 Å². The smallest absolute Gasteiger partial charge is 0.263 e. The topological polar surface area (TPSA) is 70.7 Å². The highest BCUT2D eigenvalue weighted by Crippen LogP contribution is 2.34. The van der Waals surface area contributed by atoms with E-state index in [1.165, 1.54) is 5.39 Å². The Labute approximate surface area is 202 Å². The molecule has 1 aliphatic heterocycles. The Morgan fingerprint density at radius 3 is 2.46 bits per heavy atom. The van der Waals surface area contributed by atoms with E-state index >= 15 is 0 Å². The van der Waals surface area contributed by atoms with E-state index in [1.54, 1.807) is 9.58 Å². The molecule has 1 amide bonds. The molecular weight excluding hydrogens is 436 g/mol. The van der Waals surface area contributed by atoms with Crippen molar-refractivity contribution in [3.8, 4) is 0 Å². The molecule has 5 aromatic rings. The van der Waals surface area contributed by atoms with Gasteiger partial charge in [-0.05, 0) is 40.1 Å². The Morgan fingerprint density at radius 2 is 1.63 bits per heavy atom. The monoisotopic (exact) mass is 460 g/mol. The standard InChI is InChI=1S/C29H24N4O2/c34-19-28-30-24-12-6-7-13-26(24)32(28)18-29(35)33-27(21-9-2-1-3-10-21)17-25(31-33)23-15-14-20-8-4-5-11-22(20)16-23/h1-16,27,34H,17-19H2/t27-/m0/s1. The molecule has 0 fully saturated rings. The lowest BCUT2D eigenvalue weighted by Gasteiger charge is -2.22. The van der Waals surface area contributed by atoms with Gasteiger partial charge in [-0.2, -0.15) is 5.10 Å². The normalized spacial score (nSPS) is 15.6. The molecule has 0 radical (unpaired) electrons. The van der Waals surface area contributed by atoms with Crippen LogP contribution in [-0.2, 0) is 17.9 Å². The molecule has 4 aromatic carbocycles. The fourth-order valence-electron chi connectivity index (χ4n) is 4.85. The maximum absolute atomic E-state index is 13.7. The van der Waals surface area contributed by atoms with Gasteiger partial charge in [0, 0.05) is 6.42 Å². The number of aliphatic hydroxyl groups is 1. The van der Waals surface area contributed by atoms with Crippen LogP contribution in [0.15, 0.2) is 102 Å². The third kappa shape index (κ3) is 3.88. The van der Waals surface area contributed by atoms with Crippen molar-refractivity contribution in [3.05, 3.63) is 114 Å². The Balaban J connectivity index is 1.38. The Hall–Kier alpha value is -4.29. The number of para-hydroxylation sites is 2. The first-order valence-corrected chi connectivity index (χ1v) is 11.7. The number of benzene rings is 4. The number of fused-ring (bicyclic) bond motifs is 2. The van der Waals surface area contributed by atoms with E-state index in [2.05, 4.69) is 35.3 Å². The Morgan fingerprint density at radius 1 is 0.886 bits per heavy atom. The largest absolute Gasteiger partial charge is 0.388 e. The lowest BCUT2D eigenvalue weighted by atomic mass is 9.97. The fourth-order valence-corrected chi connectivity index (χ4v) is 4.85. The van der Waals surface area contributed by atoms with Crippen LogP contribution in [0, 0.1) is 0 Å². The van der Waals surface area contributed by atoms with Gasteiger partial charge < -0.3 is 9.67 Å². The molecule has 35 heavy (non-hydrogen) atoms. The number of amides is 1. The second kappa shape index (κ2) is 8.81. The van der Waals surface area contributed by atoms with Crippen LogP contribution >= 0.6 is 0 Å². The number of aromatic nitrogens is 2. The van der Waals surface area contributed by atoms with Crippen molar-refractivity contribution in [1.29, 1.82) is 0 Å². The van der Waals surface area contributed by atoms with E-state index in [4.69, 9.17) is 5.10 Å². The van der Waals surface area contributed by atoms with Gasteiger partial charge in [0.15, 0.2) is 0 Å². The number of hydrazone groups is 1. The molecule has 1 N–H and O–H groups in total. The van der Waals surface area contributed by atoms with Gasteiger partial charge in [0.25, 0.3) is 5.91 Å². The molecule has 1 aliphatic rings. The summed E-state index contributed by atoms with van der Waals surface area (Å²) in [7, 11) is 0. The van der Waals surface area contributed by atoms with Gasteiger partial charge in [0.1, 0.15) is 19.0 Å². The first kappa shape index (κ1) is 21.3. The molecule has 1 atom stereocenters. The number of aliphatic hydroxyl groups excluding tert-OH is 1. The van der Waals surface area contributed by atoms with E-state index in [-0.39, 0.29) is 25.1 Å². The lowest BCUT2D eigenvalue weighted by Crippen LogP contribution is -2.30. The third-order valence-corrected chi connectivity index (χ3v) is 6.60. The Bertz CT molecular complexity index is 1570. The van der Waals surface area contributed by atoms with Crippen LogP contribution < -0.4 is 0 Å². The third-order valence-electron chi connectivity index (χ3n) is 6.60. The maximum Gasteiger partial charge on any atom is 0.263 e. The number of carbonyl (C=O) groups excluding carboxylic acids is 1. The molecular formula is C29H24N4O2. The van der Waals surface area contributed by atoms with Crippen LogP contribution in [0.25, 0.3) is 21.8 Å². The summed E-state index contributed by atoms with van der Waals surface area (Å²) < 4.78 is 1.78. The highest BCUT2D eigenvalue weighted by Gasteiger charge is 2.33. The predicted molar refractivity (Wildman–Crippen MR) is 137 cm³/mol. The average molecular weight is 461 g/mol. The molecule has 0 spiro atoms. The summed E-state index contributed by atoms with van der Waals surface area (Å²) in [5, 5.41) is 18.6. The number of nitrogens with zero attached hydrogens (tertiary/aromatic N) is 4. The lowest BCUT2D eigenvalue weighted by molar-refractivity contribution is -0.133. The summed E-state index contributed by atoms with van der Waals surface area (Å²) in [6.45, 7) is -0.191. The van der Waals surface area contributed by atoms with E-state index in [9.17, 15) is 9.90 Å². The number of rotatable bonds is 5. The minimum Gasteiger partial charge on any atom is -0.388 e. The van der Waals surface area contributed by atoms with Gasteiger partial charge in [-0.3, -0.25) is 4.79 Å². The molecule has 6 heteroatoms. The molecule has 6 rings (SSSR count). The van der Waals surface area contributed by atoms with Crippen molar-refractivity contribution >= 4 is 33.4 Å². The van der Waals surface area contributed by atoms with Crippen molar-refractivity contribution in [2.75, 3.05) is 0 Å². The zero-order valence-corrected chi connectivity index (χ0v) is 19.1. The highest BCUT2D eigenvalue weighted by molar-refractivity contribution is 6.05. The van der Waals surface area contributed by atoms with E-state index in [0.29, 0.717) is 12.2 Å². The first-order chi connectivity index (χ1) is 17.2. The molecule has 1 aromatic heterocycles. The predicted octanol–water partition coefficient (Wildman–Crippen LogP) is 5.06. The van der Waals surface area contributed by atoms with Crippen LogP contribution in [0.2, 0.25) is 0 Å². The van der Waals surface area contributed by atoms with Crippen LogP contribution in [0.3, 0.4) is 0 Å². The molecule has 172 valence electrons. The fraction of sp³-hybridized carbons (Fsp3) is 0.138. The van der Waals surface area contributed by atoms with Crippen LogP contribution in [-0.4, -0.2) is 31.3 Å². The summed E-state index contributed by atoms with van der Waals surface area (Å²) in [5.41, 5.74) is 4.52. The molecule has 0 bridgehead atoms. The molecule has 0 saturated carbocycles. The molecule has 2 heterocycles. The minimum atomic E-state index is -0.240. The second-order valence-corrected chi connectivity index (χ2v) is 8.74. The summed E-state index contributed by atoms with van der Waals surface area (Å²) in [6.07, 6.45) is 0.631. The number of hydrogen-bond acceptors (Lipinski definition) is 4. The van der Waals surface area contributed by atoms with Crippen LogP contribution in [0.5, 0.6) is 0 Å². The molecule has 0 aliphatic carbocycles. The summed E-state index contributed by atoms with van der Waals surface area (Å²) in [5.74, 6) is 0.321. The van der Waals surface area contributed by atoms with Gasteiger partial charge in [0.2, 0.25) is 0 Å². The van der Waals surface area contributed by atoms with Crippen LogP contribution in [0.4, 0.5) is 0 Å². The van der Waals surface area contributed by atoms with Gasteiger partial charge in [0.05, 0.1) is 22.8 Å². The SMILES string of the molecule is O=C(Cn1c(CO)nc2ccccc21)N1N=C(c2ccc3ccccc3c2)C[C@H]1c1ccccc1. The van der Waals surface area contributed by atoms with Crippen molar-refractivity contribution in [2.45, 2.75) is 25.6 Å². The highest BCUT2D eigenvalue weighted by atomic mass is 16.3. The second-order valence-electron chi connectivity index (χ2n) is 8.74. The van der Waals surface area contributed by atoms with Gasteiger partial charge in [-0.15, -0.1) is 0 Å². The van der Waals surface area contributed by atoms with Crippen molar-refractivity contribution in [1.82, 2.24) is 14.6 Å². The quantitative estimate of drug-likeness (QED) is 0.399. The molecule has 0 unspecified atom stereocenters. The van der Waals surface area contributed by atoms with Crippen LogP contribution in [0.1, 0.15) is 29.4 Å². The molecule has 0 saturated heterocycles. The summed E-state index contributed by atoms with van der Waals surface area (Å²) in [6, 6.07) is 32.0. The van der Waals surface area contributed by atoms with E-state index < -0.39 is 0 Å². The van der Waals surface area contributed by atoms with Gasteiger partial charge in [-0.25, -0.2) is 9.99 Å². The van der Waals surface area contributed by atoms with Crippen molar-refractivity contribution in [3.63, 3.8) is 0 Å². The van der Waals surface area contributed by atoms with Gasteiger partial charge in [-0.1, -0.05) is 78.9 Å². The summed E-state index contributed by atoms with van der Waals surface area (Å²) >= 11 is 0. The Kier molecular flexibility index (Phi) is 5.35. The summed E-state index contributed by atoms with van der Waals surface area (Å²) in [4.78, 5) is 18.2. The van der Waals surface area contributed by atoms with E-state index in [0.717, 1.165) is 33.3 Å². The zero-order chi connectivity index (χ0) is 23.8. The van der Waals surface area contributed by atoms with Gasteiger partial charge >= 0.3 is 0 Å². The number of imidazole rings is 1. The first-order valence-electron chi connectivity index (χ1n) is 11.7.